The maximum Gasteiger partial charge on any atom is 0.272 e. The lowest BCUT2D eigenvalue weighted by Crippen LogP contribution is -3.00. The van der Waals surface area contributed by atoms with Gasteiger partial charge in [-0.15, -0.1) is 0 Å². The molecule has 0 aliphatic carbocycles. The molecule has 0 saturated carbocycles. The van der Waals surface area contributed by atoms with Crippen LogP contribution in [0.25, 0.3) is 10.8 Å². The predicted molar refractivity (Wildman–Crippen MR) is 162 cm³/mol. The van der Waals surface area contributed by atoms with E-state index in [9.17, 15) is 9.59 Å². The van der Waals surface area contributed by atoms with Crippen molar-refractivity contribution < 1.29 is 24.0 Å². The van der Waals surface area contributed by atoms with Crippen molar-refractivity contribution in [3.05, 3.63) is 130 Å². The van der Waals surface area contributed by atoms with Crippen LogP contribution in [-0.4, -0.2) is 22.9 Å². The Bertz CT molecular complexity index is 1490. The van der Waals surface area contributed by atoms with Gasteiger partial charge in [0.25, 0.3) is 11.1 Å². The van der Waals surface area contributed by atoms with E-state index in [0.717, 1.165) is 38.4 Å². The number of rotatable bonds is 11. The molecule has 0 spiro atoms. The number of aromatic amines is 2. The maximum absolute atomic E-state index is 12.3. The molecule has 200 valence electrons. The van der Waals surface area contributed by atoms with Crippen molar-refractivity contribution in [1.82, 2.24) is 10.2 Å². The molecular formula is C32H33IN3O2P. The quantitative estimate of drug-likeness (QED) is 0.117. The van der Waals surface area contributed by atoms with Crippen LogP contribution >= 0.6 is 7.26 Å². The largest absolute Gasteiger partial charge is 1.00 e. The van der Waals surface area contributed by atoms with E-state index in [1.165, 1.54) is 15.9 Å². The van der Waals surface area contributed by atoms with Crippen LogP contribution in [0.4, 0.5) is 5.69 Å². The Kier molecular flexibility index (Phi) is 10.1. The first kappa shape index (κ1) is 28.8. The molecule has 0 unspecified atom stereocenters. The third-order valence-corrected chi connectivity index (χ3v) is 11.7. The van der Waals surface area contributed by atoms with Crippen molar-refractivity contribution in [2.24, 2.45) is 0 Å². The molecule has 0 radical (unpaired) electrons. The highest BCUT2D eigenvalue weighted by molar-refractivity contribution is 7.95. The minimum atomic E-state index is -1.78. The molecular weight excluding hydrogens is 616 g/mol. The number of halogens is 1. The number of benzene rings is 4. The summed E-state index contributed by atoms with van der Waals surface area (Å²) in [6, 6.07) is 38.4. The van der Waals surface area contributed by atoms with E-state index in [2.05, 4.69) is 107 Å². The van der Waals surface area contributed by atoms with Crippen LogP contribution in [0.3, 0.4) is 0 Å². The molecule has 4 aromatic carbocycles. The van der Waals surface area contributed by atoms with Gasteiger partial charge in [0.05, 0.1) is 16.9 Å². The van der Waals surface area contributed by atoms with Crippen LogP contribution < -0.4 is 56.3 Å². The summed E-state index contributed by atoms with van der Waals surface area (Å²) in [4.78, 5) is 24.4. The van der Waals surface area contributed by atoms with E-state index in [-0.39, 0.29) is 35.1 Å². The Balaban J connectivity index is 0.00000353. The topological polar surface area (TPSA) is 77.8 Å². The summed E-state index contributed by atoms with van der Waals surface area (Å²) >= 11 is 0. The van der Waals surface area contributed by atoms with Gasteiger partial charge < -0.3 is 29.3 Å². The predicted octanol–water partition coefficient (Wildman–Crippen LogP) is 2.19. The molecule has 1 aromatic heterocycles. The van der Waals surface area contributed by atoms with Crippen LogP contribution in [0.2, 0.25) is 0 Å². The molecule has 5 rings (SSSR count). The van der Waals surface area contributed by atoms with Gasteiger partial charge in [-0.1, -0.05) is 67.1 Å². The fourth-order valence-electron chi connectivity index (χ4n) is 5.31. The average molecular weight is 650 g/mol. The number of anilines is 1. The standard InChI is InChI=1S/C32H32N3O2P.HI/c36-31-28-21-14-22-29(30(28)32(37)35-34-31)33-23-12-1-2-13-24-38(25-15-6-3-7-16-25,26-17-8-4-9-18-26)27-19-10-5-11-20-27;/h3-11,14-22H,1-2,12-13,23-24H2,(H2-,33,34,35,36,37);1H. The first-order chi connectivity index (χ1) is 18.7. The number of hydrogen-bond acceptors (Lipinski definition) is 3. The van der Waals surface area contributed by atoms with E-state index in [4.69, 9.17) is 0 Å². The molecule has 0 bridgehead atoms. The first-order valence-electron chi connectivity index (χ1n) is 13.2. The second kappa shape index (κ2) is 13.7. The third kappa shape index (κ3) is 6.34. The number of H-pyrrole nitrogens is 2. The molecule has 0 fully saturated rings. The maximum atomic E-state index is 12.3. The van der Waals surface area contributed by atoms with Crippen LogP contribution in [0, 0.1) is 0 Å². The van der Waals surface area contributed by atoms with Crippen LogP contribution in [0.15, 0.2) is 119 Å². The Labute approximate surface area is 246 Å². The minimum absolute atomic E-state index is 0. The normalized spacial score (nSPS) is 11.2. The number of aromatic nitrogens is 2. The van der Waals surface area contributed by atoms with E-state index in [1.54, 1.807) is 12.1 Å². The fourth-order valence-corrected chi connectivity index (χ4v) is 9.72. The number of hydrogen-bond donors (Lipinski definition) is 3. The van der Waals surface area contributed by atoms with Gasteiger partial charge in [0.2, 0.25) is 0 Å². The molecule has 5 nitrogen and oxygen atoms in total. The summed E-state index contributed by atoms with van der Waals surface area (Å²) in [5.41, 5.74) is 0.132. The lowest BCUT2D eigenvalue weighted by molar-refractivity contribution is -0.00000757. The second-order valence-corrected chi connectivity index (χ2v) is 13.1. The molecule has 0 aliphatic rings. The van der Waals surface area contributed by atoms with Gasteiger partial charge in [-0.05, 0) is 67.8 Å². The zero-order chi connectivity index (χ0) is 26.2. The van der Waals surface area contributed by atoms with E-state index >= 15 is 0 Å². The zero-order valence-electron chi connectivity index (χ0n) is 21.8. The van der Waals surface area contributed by atoms with Crippen molar-refractivity contribution in [2.75, 3.05) is 18.0 Å². The summed E-state index contributed by atoms with van der Waals surface area (Å²) < 4.78 is 0. The van der Waals surface area contributed by atoms with Gasteiger partial charge in [-0.2, -0.15) is 0 Å². The van der Waals surface area contributed by atoms with Gasteiger partial charge in [0.1, 0.15) is 23.2 Å². The highest BCUT2D eigenvalue weighted by Gasteiger charge is 2.44. The Morgan fingerprint density at radius 2 is 1.08 bits per heavy atom. The lowest BCUT2D eigenvalue weighted by Gasteiger charge is -2.27. The van der Waals surface area contributed by atoms with E-state index in [1.807, 2.05) is 6.07 Å². The smallest absolute Gasteiger partial charge is 0.272 e. The average Bonchev–Trinajstić information content (AvgIpc) is 2.98. The van der Waals surface area contributed by atoms with E-state index < -0.39 is 7.26 Å². The second-order valence-electron chi connectivity index (χ2n) is 9.52. The zero-order valence-corrected chi connectivity index (χ0v) is 24.8. The third-order valence-electron chi connectivity index (χ3n) is 7.15. The minimum Gasteiger partial charge on any atom is -1.00 e. The molecule has 0 amide bonds. The van der Waals surface area contributed by atoms with Crippen molar-refractivity contribution in [3.8, 4) is 0 Å². The van der Waals surface area contributed by atoms with Crippen LogP contribution in [0.5, 0.6) is 0 Å². The van der Waals surface area contributed by atoms with Gasteiger partial charge in [-0.25, -0.2) is 0 Å². The number of nitrogens with one attached hydrogen (secondary N) is 3. The molecule has 0 aliphatic heterocycles. The molecule has 39 heavy (non-hydrogen) atoms. The summed E-state index contributed by atoms with van der Waals surface area (Å²) in [6.45, 7) is 0.752. The number of unbranched alkanes of at least 4 members (excludes halogenated alkanes) is 3. The van der Waals surface area contributed by atoms with Crippen molar-refractivity contribution in [3.63, 3.8) is 0 Å². The first-order valence-corrected chi connectivity index (χ1v) is 15.2. The summed E-state index contributed by atoms with van der Waals surface area (Å²) in [6.07, 6.45) is 5.47. The van der Waals surface area contributed by atoms with Crippen LogP contribution in [0.1, 0.15) is 25.7 Å². The summed E-state index contributed by atoms with van der Waals surface area (Å²) in [7, 11) is -1.78. The lowest BCUT2D eigenvalue weighted by atomic mass is 10.1. The number of fused-ring (bicyclic) bond motifs is 1. The molecule has 0 saturated heterocycles. The highest BCUT2D eigenvalue weighted by Crippen LogP contribution is 2.55. The summed E-state index contributed by atoms with van der Waals surface area (Å²) in [5, 5.41) is 13.3. The Morgan fingerprint density at radius 1 is 0.564 bits per heavy atom. The Morgan fingerprint density at radius 3 is 1.64 bits per heavy atom. The molecule has 0 atom stereocenters. The van der Waals surface area contributed by atoms with Crippen molar-refractivity contribution >= 4 is 39.6 Å². The highest BCUT2D eigenvalue weighted by atomic mass is 127. The molecule has 3 N–H and O–H groups in total. The molecule has 1 heterocycles. The fraction of sp³-hybridized carbons (Fsp3) is 0.188. The van der Waals surface area contributed by atoms with E-state index in [0.29, 0.717) is 16.5 Å². The monoisotopic (exact) mass is 649 g/mol. The molecule has 5 aromatic rings. The van der Waals surface area contributed by atoms with Gasteiger partial charge in [0, 0.05) is 12.2 Å². The Hall–Kier alpha value is -3.22. The molecule has 7 heteroatoms. The van der Waals surface area contributed by atoms with Crippen molar-refractivity contribution in [2.45, 2.75) is 25.7 Å². The summed E-state index contributed by atoms with van der Waals surface area (Å²) in [5.74, 6) is 0. The van der Waals surface area contributed by atoms with Gasteiger partial charge >= 0.3 is 0 Å². The van der Waals surface area contributed by atoms with Crippen LogP contribution in [-0.2, 0) is 0 Å². The van der Waals surface area contributed by atoms with Gasteiger partial charge in [0.15, 0.2) is 0 Å². The SMILES string of the molecule is O=c1[nH][nH]c(=O)c2c(NCCCCCC[P+](c3ccccc3)(c3ccccc3)c3ccccc3)cccc12.[I-]. The van der Waals surface area contributed by atoms with Crippen molar-refractivity contribution in [1.29, 1.82) is 0 Å². The van der Waals surface area contributed by atoms with Gasteiger partial charge in [-0.3, -0.25) is 19.8 Å².